The number of anilines is 1. The molecule has 2 aliphatic rings. The molecule has 1 saturated heterocycles. The SMILES string of the molecule is CO/N=C(\C(=O)NC1C(=O)N2C(C(=O)S)=C(CCNS(=O)(=O)CCl)CS[C@H]12)c1csc(N)n1. The van der Waals surface area contributed by atoms with Gasteiger partial charge >= 0.3 is 0 Å². The monoisotopic (exact) mass is 554 g/mol. The molecule has 3 heterocycles. The van der Waals surface area contributed by atoms with Crippen LogP contribution in [0.3, 0.4) is 0 Å². The summed E-state index contributed by atoms with van der Waals surface area (Å²) in [7, 11) is -2.35. The van der Waals surface area contributed by atoms with E-state index in [4.69, 9.17) is 22.2 Å². The van der Waals surface area contributed by atoms with Crippen molar-refractivity contribution in [2.24, 2.45) is 5.16 Å². The third kappa shape index (κ3) is 5.63. The maximum Gasteiger partial charge on any atom is 0.276 e. The lowest BCUT2D eigenvalue weighted by Gasteiger charge is -2.49. The van der Waals surface area contributed by atoms with Crippen LogP contribution in [0.15, 0.2) is 21.8 Å². The highest BCUT2D eigenvalue weighted by Crippen LogP contribution is 2.41. The number of β-lactam (4-membered cyclic amide) rings is 1. The number of amides is 2. The molecule has 2 atom stereocenters. The molecule has 3 rings (SSSR count). The number of carbonyl (C=O) groups excluding carboxylic acids is 3. The molecule has 0 aromatic carbocycles. The Morgan fingerprint density at radius 2 is 2.21 bits per heavy atom. The number of fused-ring (bicyclic) bond motifs is 1. The van der Waals surface area contributed by atoms with Gasteiger partial charge in [-0.3, -0.25) is 19.3 Å². The van der Waals surface area contributed by atoms with E-state index < -0.39 is 43.6 Å². The summed E-state index contributed by atoms with van der Waals surface area (Å²) >= 11 is 11.7. The van der Waals surface area contributed by atoms with Crippen LogP contribution in [-0.4, -0.2) is 77.0 Å². The number of nitrogen functional groups attached to an aromatic ring is 1. The lowest BCUT2D eigenvalue weighted by Crippen LogP contribution is -2.70. The minimum atomic E-state index is -3.62. The van der Waals surface area contributed by atoms with Crippen LogP contribution in [0.2, 0.25) is 0 Å². The molecule has 1 fully saturated rings. The summed E-state index contributed by atoms with van der Waals surface area (Å²) in [6, 6.07) is -0.917. The summed E-state index contributed by atoms with van der Waals surface area (Å²) in [5.41, 5.74) is 6.31. The van der Waals surface area contributed by atoms with Crippen molar-refractivity contribution >= 4 is 85.1 Å². The molecule has 0 spiro atoms. The molecule has 0 saturated carbocycles. The molecule has 4 N–H and O–H groups in total. The number of aromatic nitrogens is 1. The molecule has 12 nitrogen and oxygen atoms in total. The van der Waals surface area contributed by atoms with Gasteiger partial charge in [-0.1, -0.05) is 17.8 Å². The van der Waals surface area contributed by atoms with E-state index in [9.17, 15) is 22.8 Å². The van der Waals surface area contributed by atoms with E-state index in [1.165, 1.54) is 29.2 Å². The van der Waals surface area contributed by atoms with Crippen molar-refractivity contribution < 1.29 is 27.6 Å². The van der Waals surface area contributed by atoms with Gasteiger partial charge in [0, 0.05) is 17.7 Å². The second-order valence-corrected chi connectivity index (χ2v) is 11.5. The predicted octanol–water partition coefficient (Wildman–Crippen LogP) is -0.308. The number of oxime groups is 1. The Labute approximate surface area is 207 Å². The summed E-state index contributed by atoms with van der Waals surface area (Å²) in [5, 5.41) is 6.29. The van der Waals surface area contributed by atoms with Gasteiger partial charge in [-0.15, -0.1) is 34.7 Å². The van der Waals surface area contributed by atoms with Crippen molar-refractivity contribution in [3.63, 3.8) is 0 Å². The number of thiazole rings is 1. The minimum absolute atomic E-state index is 0.00990. The first-order valence-corrected chi connectivity index (χ1v) is 13.7. The Morgan fingerprint density at radius 1 is 1.48 bits per heavy atom. The van der Waals surface area contributed by atoms with E-state index in [-0.39, 0.29) is 35.2 Å². The number of halogens is 1. The number of hydrogen-bond donors (Lipinski definition) is 4. The first-order chi connectivity index (χ1) is 15.6. The first-order valence-electron chi connectivity index (χ1n) is 9.16. The molecule has 1 unspecified atom stereocenters. The second-order valence-electron chi connectivity index (χ2n) is 6.68. The number of nitrogens with one attached hydrogen (secondary N) is 2. The molecular formula is C16H19ClN6O6S4. The molecule has 1 aromatic heterocycles. The van der Waals surface area contributed by atoms with E-state index >= 15 is 0 Å². The van der Waals surface area contributed by atoms with E-state index in [0.717, 1.165) is 11.3 Å². The summed E-state index contributed by atoms with van der Waals surface area (Å²) in [5.74, 6) is -0.858. The third-order valence-electron chi connectivity index (χ3n) is 4.59. The average Bonchev–Trinajstić information content (AvgIpc) is 3.20. The van der Waals surface area contributed by atoms with Crippen LogP contribution in [0, 0.1) is 0 Å². The average molecular weight is 555 g/mol. The highest BCUT2D eigenvalue weighted by Gasteiger charge is 2.53. The van der Waals surface area contributed by atoms with Crippen molar-refractivity contribution in [1.82, 2.24) is 19.9 Å². The molecule has 2 amide bonds. The summed E-state index contributed by atoms with van der Waals surface area (Å²) in [6.45, 7) is 0.00990. The van der Waals surface area contributed by atoms with Crippen LogP contribution in [0.25, 0.3) is 0 Å². The minimum Gasteiger partial charge on any atom is -0.398 e. The molecule has 2 aliphatic heterocycles. The van der Waals surface area contributed by atoms with Gasteiger partial charge in [-0.25, -0.2) is 18.1 Å². The molecule has 1 aromatic rings. The number of sulfonamides is 1. The maximum atomic E-state index is 12.8. The number of carbonyl (C=O) groups is 3. The summed E-state index contributed by atoms with van der Waals surface area (Å²) in [4.78, 5) is 47.8. The number of nitrogens with two attached hydrogens (primary N) is 1. The zero-order valence-corrected chi connectivity index (χ0v) is 21.1. The zero-order chi connectivity index (χ0) is 24.3. The van der Waals surface area contributed by atoms with Crippen molar-refractivity contribution in [3.8, 4) is 0 Å². The smallest absolute Gasteiger partial charge is 0.276 e. The Hall–Kier alpha value is -1.85. The van der Waals surface area contributed by atoms with Gasteiger partial charge in [-0.2, -0.15) is 0 Å². The quantitative estimate of drug-likeness (QED) is 0.0994. The molecule has 0 aliphatic carbocycles. The van der Waals surface area contributed by atoms with Crippen molar-refractivity contribution in [2.75, 3.05) is 30.4 Å². The Morgan fingerprint density at radius 3 is 2.79 bits per heavy atom. The fourth-order valence-corrected chi connectivity index (χ4v) is 6.10. The Kier molecular flexibility index (Phi) is 8.28. The zero-order valence-electron chi connectivity index (χ0n) is 17.0. The number of alkyl halides is 1. The number of thiol groups is 1. The van der Waals surface area contributed by atoms with E-state index in [0.29, 0.717) is 11.3 Å². The molecule has 33 heavy (non-hydrogen) atoms. The van der Waals surface area contributed by atoms with Gasteiger partial charge in [0.05, 0.1) is 5.70 Å². The molecule has 0 bridgehead atoms. The molecule has 180 valence electrons. The fraction of sp³-hybridized carbons (Fsp3) is 0.438. The van der Waals surface area contributed by atoms with Gasteiger partial charge in [0.2, 0.25) is 15.1 Å². The van der Waals surface area contributed by atoms with E-state index in [1.54, 1.807) is 0 Å². The van der Waals surface area contributed by atoms with Gasteiger partial charge in [-0.05, 0) is 12.0 Å². The lowest BCUT2D eigenvalue weighted by atomic mass is 10.0. The third-order valence-corrected chi connectivity index (χ3v) is 8.61. The normalized spacial score (nSPS) is 20.9. The van der Waals surface area contributed by atoms with Crippen LogP contribution >= 0.6 is 47.3 Å². The Balaban J connectivity index is 1.73. The van der Waals surface area contributed by atoms with Crippen LogP contribution < -0.4 is 15.8 Å². The van der Waals surface area contributed by atoms with E-state index in [1.807, 2.05) is 0 Å². The topological polar surface area (TPSA) is 173 Å². The van der Waals surface area contributed by atoms with Gasteiger partial charge < -0.3 is 15.9 Å². The first kappa shape index (κ1) is 25.8. The van der Waals surface area contributed by atoms with Gasteiger partial charge in [0.25, 0.3) is 11.8 Å². The summed E-state index contributed by atoms with van der Waals surface area (Å²) < 4.78 is 25.3. The fourth-order valence-electron chi connectivity index (χ4n) is 3.17. The largest absolute Gasteiger partial charge is 0.398 e. The molecule has 0 radical (unpaired) electrons. The predicted molar refractivity (Wildman–Crippen MR) is 128 cm³/mol. The van der Waals surface area contributed by atoms with Crippen molar-refractivity contribution in [1.29, 1.82) is 0 Å². The number of nitrogens with zero attached hydrogens (tertiary/aromatic N) is 3. The van der Waals surface area contributed by atoms with Crippen molar-refractivity contribution in [3.05, 3.63) is 22.3 Å². The number of hydrogen-bond acceptors (Lipinski definition) is 11. The Bertz CT molecular complexity index is 1140. The van der Waals surface area contributed by atoms with Crippen LogP contribution in [0.4, 0.5) is 5.13 Å². The van der Waals surface area contributed by atoms with Gasteiger partial charge in [0.1, 0.15) is 29.4 Å². The highest BCUT2D eigenvalue weighted by molar-refractivity contribution is 8.00. The molecular weight excluding hydrogens is 536 g/mol. The van der Waals surface area contributed by atoms with Gasteiger partial charge in [0.15, 0.2) is 10.8 Å². The van der Waals surface area contributed by atoms with Crippen LogP contribution in [-0.2, 0) is 29.2 Å². The highest BCUT2D eigenvalue weighted by atomic mass is 35.5. The second kappa shape index (κ2) is 10.6. The standard InChI is InChI=1S/C16H19ClN6O6S4/c1-29-22-9(8-5-32-16(18)20-8)12(24)21-10-13(25)23-11(15(26)30)7(4-31-14(10)23)2-3-19-33(27,28)6-17/h5,10,14,19H,2-4,6H2,1H3,(H2,18,20)(H,21,24)(H,26,30)/b22-9-/t10?,14-/m1/s1. The number of thioether (sulfide) groups is 1. The van der Waals surface area contributed by atoms with Crippen molar-refractivity contribution in [2.45, 2.75) is 17.8 Å². The summed E-state index contributed by atoms with van der Waals surface area (Å²) in [6.07, 6.45) is 0.189. The van der Waals surface area contributed by atoms with Crippen LogP contribution in [0.1, 0.15) is 12.1 Å². The maximum absolute atomic E-state index is 12.8. The molecule has 17 heteroatoms. The van der Waals surface area contributed by atoms with E-state index in [2.05, 4.69) is 32.8 Å². The lowest BCUT2D eigenvalue weighted by molar-refractivity contribution is -0.146. The van der Waals surface area contributed by atoms with Crippen LogP contribution in [0.5, 0.6) is 0 Å². The number of rotatable bonds is 10.